The lowest BCUT2D eigenvalue weighted by atomic mass is 10.0. The SMILES string of the molecule is CCOC(=O)C(C)CCN1CCc2nc(-c3ccc(OCc4cccc(Cl)c4)cc3)c(F)cc2C1. The monoisotopic (exact) mass is 496 g/mol. The van der Waals surface area contributed by atoms with Gasteiger partial charge in [-0.05, 0) is 73.5 Å². The van der Waals surface area contributed by atoms with E-state index in [4.69, 9.17) is 21.1 Å². The van der Waals surface area contributed by atoms with Crippen LogP contribution in [0.2, 0.25) is 5.02 Å². The van der Waals surface area contributed by atoms with Crippen LogP contribution < -0.4 is 4.74 Å². The van der Waals surface area contributed by atoms with E-state index in [1.807, 2.05) is 62.4 Å². The highest BCUT2D eigenvalue weighted by molar-refractivity contribution is 6.30. The minimum Gasteiger partial charge on any atom is -0.489 e. The van der Waals surface area contributed by atoms with E-state index in [1.54, 1.807) is 6.07 Å². The molecule has 4 rings (SSSR count). The summed E-state index contributed by atoms with van der Waals surface area (Å²) in [4.78, 5) is 18.8. The fraction of sp³-hybridized carbons (Fsp3) is 0.357. The molecule has 7 heteroatoms. The predicted octanol–water partition coefficient (Wildman–Crippen LogP) is 6.07. The average molecular weight is 497 g/mol. The molecule has 0 N–H and O–H groups in total. The van der Waals surface area contributed by atoms with Gasteiger partial charge in [-0.3, -0.25) is 9.69 Å². The summed E-state index contributed by atoms with van der Waals surface area (Å²) < 4.78 is 25.9. The fourth-order valence-corrected chi connectivity index (χ4v) is 4.39. The quantitative estimate of drug-likeness (QED) is 0.337. The van der Waals surface area contributed by atoms with Gasteiger partial charge in [0, 0.05) is 35.8 Å². The smallest absolute Gasteiger partial charge is 0.308 e. The van der Waals surface area contributed by atoms with Gasteiger partial charge in [-0.25, -0.2) is 9.37 Å². The fourth-order valence-electron chi connectivity index (χ4n) is 4.18. The molecule has 0 aliphatic carbocycles. The minimum absolute atomic E-state index is 0.147. The Balaban J connectivity index is 1.37. The van der Waals surface area contributed by atoms with Crippen molar-refractivity contribution in [1.29, 1.82) is 0 Å². The second-order valence-electron chi connectivity index (χ2n) is 8.84. The van der Waals surface area contributed by atoms with Crippen molar-refractivity contribution >= 4 is 17.6 Å². The Morgan fingerprint density at radius 1 is 1.20 bits per heavy atom. The van der Waals surface area contributed by atoms with E-state index >= 15 is 4.39 Å². The molecule has 1 aromatic heterocycles. The summed E-state index contributed by atoms with van der Waals surface area (Å²) in [6, 6.07) is 16.4. The Morgan fingerprint density at radius 2 is 2.00 bits per heavy atom. The van der Waals surface area contributed by atoms with Crippen LogP contribution in [0.4, 0.5) is 4.39 Å². The third-order valence-corrected chi connectivity index (χ3v) is 6.43. The zero-order valence-electron chi connectivity index (χ0n) is 20.1. The van der Waals surface area contributed by atoms with Gasteiger partial charge in [0.05, 0.1) is 12.5 Å². The Morgan fingerprint density at radius 3 is 2.74 bits per heavy atom. The molecule has 5 nitrogen and oxygen atoms in total. The van der Waals surface area contributed by atoms with Crippen LogP contribution in [0.5, 0.6) is 5.75 Å². The number of pyridine rings is 1. The normalized spacial score (nSPS) is 14.3. The zero-order chi connectivity index (χ0) is 24.8. The van der Waals surface area contributed by atoms with Gasteiger partial charge in [0.25, 0.3) is 0 Å². The van der Waals surface area contributed by atoms with Crippen molar-refractivity contribution < 1.29 is 18.7 Å². The largest absolute Gasteiger partial charge is 0.489 e. The van der Waals surface area contributed by atoms with Gasteiger partial charge in [0.15, 0.2) is 0 Å². The maximum Gasteiger partial charge on any atom is 0.308 e. The summed E-state index contributed by atoms with van der Waals surface area (Å²) in [5.74, 6) is 0.0482. The van der Waals surface area contributed by atoms with Crippen LogP contribution in [0.25, 0.3) is 11.3 Å². The van der Waals surface area contributed by atoms with Crippen LogP contribution in [0.3, 0.4) is 0 Å². The lowest BCUT2D eigenvalue weighted by Gasteiger charge is -2.29. The third kappa shape index (κ3) is 6.59. The molecule has 1 aliphatic rings. The van der Waals surface area contributed by atoms with E-state index in [9.17, 15) is 4.79 Å². The number of aromatic nitrogens is 1. The number of nitrogens with zero attached hydrogens (tertiary/aromatic N) is 2. The zero-order valence-corrected chi connectivity index (χ0v) is 20.9. The van der Waals surface area contributed by atoms with E-state index in [-0.39, 0.29) is 17.7 Å². The van der Waals surface area contributed by atoms with Crippen LogP contribution in [-0.4, -0.2) is 35.5 Å². The molecule has 0 saturated heterocycles. The molecule has 0 bridgehead atoms. The van der Waals surface area contributed by atoms with Gasteiger partial charge in [-0.15, -0.1) is 0 Å². The highest BCUT2D eigenvalue weighted by Crippen LogP contribution is 2.28. The lowest BCUT2D eigenvalue weighted by molar-refractivity contribution is -0.147. The van der Waals surface area contributed by atoms with Crippen LogP contribution >= 0.6 is 11.6 Å². The molecule has 0 amide bonds. The third-order valence-electron chi connectivity index (χ3n) is 6.19. The Kier molecular flexibility index (Phi) is 8.37. The molecule has 1 atom stereocenters. The summed E-state index contributed by atoms with van der Waals surface area (Å²) in [5, 5.41) is 0.671. The molecular weight excluding hydrogens is 467 g/mol. The summed E-state index contributed by atoms with van der Waals surface area (Å²) >= 11 is 6.02. The molecule has 0 saturated carbocycles. The van der Waals surface area contributed by atoms with Crippen LogP contribution in [0, 0.1) is 11.7 Å². The molecule has 1 aliphatic heterocycles. The van der Waals surface area contributed by atoms with Crippen molar-refractivity contribution in [2.45, 2.75) is 39.8 Å². The first-order valence-electron chi connectivity index (χ1n) is 12.0. The number of halogens is 2. The molecule has 2 heterocycles. The predicted molar refractivity (Wildman–Crippen MR) is 135 cm³/mol. The Bertz CT molecular complexity index is 1170. The van der Waals surface area contributed by atoms with Gasteiger partial charge >= 0.3 is 5.97 Å². The molecule has 2 aromatic carbocycles. The van der Waals surface area contributed by atoms with Crippen LogP contribution in [0.15, 0.2) is 54.6 Å². The first-order chi connectivity index (χ1) is 16.9. The number of carbonyl (C=O) groups is 1. The molecule has 184 valence electrons. The summed E-state index contributed by atoms with van der Waals surface area (Å²) in [6.45, 7) is 6.72. The maximum atomic E-state index is 15.0. The van der Waals surface area contributed by atoms with Crippen LogP contribution in [-0.2, 0) is 29.1 Å². The molecule has 35 heavy (non-hydrogen) atoms. The number of hydrogen-bond acceptors (Lipinski definition) is 5. The highest BCUT2D eigenvalue weighted by atomic mass is 35.5. The van der Waals surface area contributed by atoms with E-state index in [2.05, 4.69) is 9.88 Å². The first kappa shape index (κ1) is 25.1. The topological polar surface area (TPSA) is 51.7 Å². The Labute approximate surface area is 210 Å². The van der Waals surface area contributed by atoms with Gasteiger partial charge in [-0.1, -0.05) is 30.7 Å². The van der Waals surface area contributed by atoms with Crippen LogP contribution in [0.1, 0.15) is 37.1 Å². The number of hydrogen-bond donors (Lipinski definition) is 0. The van der Waals surface area contributed by atoms with Gasteiger partial charge < -0.3 is 9.47 Å². The average Bonchev–Trinajstić information content (AvgIpc) is 2.86. The number of fused-ring (bicyclic) bond motifs is 1. The molecular formula is C28H30ClFN2O3. The molecule has 0 radical (unpaired) electrons. The number of esters is 1. The van der Waals surface area contributed by atoms with Crippen molar-refractivity contribution in [3.05, 3.63) is 82.3 Å². The van der Waals surface area contributed by atoms with Crippen molar-refractivity contribution in [2.24, 2.45) is 5.92 Å². The van der Waals surface area contributed by atoms with E-state index in [1.165, 1.54) is 0 Å². The van der Waals surface area contributed by atoms with Gasteiger partial charge in [0.1, 0.15) is 23.9 Å². The lowest BCUT2D eigenvalue weighted by Crippen LogP contribution is -2.33. The Hall–Kier alpha value is -2.96. The van der Waals surface area contributed by atoms with Crippen molar-refractivity contribution in [2.75, 3.05) is 19.7 Å². The summed E-state index contributed by atoms with van der Waals surface area (Å²) in [6.07, 6.45) is 1.46. The van der Waals surface area contributed by atoms with Crippen molar-refractivity contribution in [1.82, 2.24) is 9.88 Å². The highest BCUT2D eigenvalue weighted by Gasteiger charge is 2.22. The number of ether oxygens (including phenoxy) is 2. The van der Waals surface area contributed by atoms with E-state index in [0.29, 0.717) is 48.2 Å². The first-order valence-corrected chi connectivity index (χ1v) is 12.4. The van der Waals surface area contributed by atoms with Crippen molar-refractivity contribution in [3.8, 4) is 17.0 Å². The number of rotatable bonds is 9. The van der Waals surface area contributed by atoms with Gasteiger partial charge in [0.2, 0.25) is 0 Å². The standard InChI is InChI=1S/C28H30ClFN2O3/c1-3-34-28(33)19(2)11-13-32-14-12-26-22(17-32)16-25(30)27(31-26)21-7-9-24(10-8-21)35-18-20-5-4-6-23(29)15-20/h4-10,15-16,19H,3,11-14,17-18H2,1-2H3. The number of benzene rings is 2. The summed E-state index contributed by atoms with van der Waals surface area (Å²) in [7, 11) is 0. The molecule has 1 unspecified atom stereocenters. The minimum atomic E-state index is -0.335. The second kappa shape index (κ2) is 11.6. The van der Waals surface area contributed by atoms with Gasteiger partial charge in [-0.2, -0.15) is 0 Å². The second-order valence-corrected chi connectivity index (χ2v) is 9.27. The molecule has 3 aromatic rings. The maximum absolute atomic E-state index is 15.0. The number of carbonyl (C=O) groups excluding carboxylic acids is 1. The molecule has 0 spiro atoms. The summed E-state index contributed by atoms with van der Waals surface area (Å²) in [5.41, 5.74) is 3.88. The molecule has 0 fully saturated rings. The van der Waals surface area contributed by atoms with E-state index in [0.717, 1.165) is 36.3 Å². The van der Waals surface area contributed by atoms with Crippen molar-refractivity contribution in [3.63, 3.8) is 0 Å². The van der Waals surface area contributed by atoms with E-state index < -0.39 is 0 Å².